The summed E-state index contributed by atoms with van der Waals surface area (Å²) in [6, 6.07) is 7.14. The number of nitrogens with one attached hydrogen (secondary N) is 3. The van der Waals surface area contributed by atoms with Crippen LogP contribution in [-0.4, -0.2) is 30.9 Å². The number of rotatable bonds is 6. The van der Waals surface area contributed by atoms with E-state index in [-0.39, 0.29) is 30.3 Å². The molecule has 5 nitrogen and oxygen atoms in total. The van der Waals surface area contributed by atoms with Crippen LogP contribution in [0, 0.1) is 11.8 Å². The monoisotopic (exact) mass is 367 g/mol. The summed E-state index contributed by atoms with van der Waals surface area (Å²) in [5, 5.41) is 9.14. The number of carbonyl (C=O) groups is 2. The molecular formula is C19H30ClN3O2. The minimum atomic E-state index is -0.0950. The lowest BCUT2D eigenvalue weighted by molar-refractivity contribution is -0.117. The molecule has 0 radical (unpaired) electrons. The van der Waals surface area contributed by atoms with E-state index in [4.69, 9.17) is 0 Å². The van der Waals surface area contributed by atoms with Gasteiger partial charge >= 0.3 is 0 Å². The van der Waals surface area contributed by atoms with Crippen molar-refractivity contribution in [2.45, 2.75) is 46.1 Å². The Hall–Kier alpha value is -1.59. The van der Waals surface area contributed by atoms with E-state index in [1.165, 1.54) is 0 Å². The molecule has 1 atom stereocenters. The lowest BCUT2D eigenvalue weighted by Crippen LogP contribution is -2.32. The van der Waals surface area contributed by atoms with Gasteiger partial charge in [0.05, 0.1) is 0 Å². The van der Waals surface area contributed by atoms with E-state index in [1.54, 1.807) is 24.3 Å². The first kappa shape index (κ1) is 21.5. The highest BCUT2D eigenvalue weighted by atomic mass is 35.5. The van der Waals surface area contributed by atoms with Crippen molar-refractivity contribution >= 4 is 29.9 Å². The van der Waals surface area contributed by atoms with E-state index in [0.717, 1.165) is 31.6 Å². The maximum absolute atomic E-state index is 12.2. The molecule has 1 aromatic rings. The summed E-state index contributed by atoms with van der Waals surface area (Å²) < 4.78 is 0. The molecule has 1 aromatic carbocycles. The van der Waals surface area contributed by atoms with E-state index >= 15 is 0 Å². The van der Waals surface area contributed by atoms with Crippen LogP contribution in [0.3, 0.4) is 0 Å². The highest BCUT2D eigenvalue weighted by Crippen LogP contribution is 2.24. The third-order valence-corrected chi connectivity index (χ3v) is 4.55. The van der Waals surface area contributed by atoms with Gasteiger partial charge in [0.1, 0.15) is 0 Å². The highest BCUT2D eigenvalue weighted by molar-refractivity contribution is 5.95. The van der Waals surface area contributed by atoms with Crippen LogP contribution in [0.15, 0.2) is 24.3 Å². The minimum Gasteiger partial charge on any atom is -0.350 e. The third kappa shape index (κ3) is 7.04. The number of hydrogen-bond acceptors (Lipinski definition) is 3. The Bertz CT molecular complexity index is 554. The van der Waals surface area contributed by atoms with E-state index in [0.29, 0.717) is 23.8 Å². The van der Waals surface area contributed by atoms with E-state index in [2.05, 4.69) is 22.9 Å². The molecule has 1 aliphatic heterocycles. The first-order valence-electron chi connectivity index (χ1n) is 8.87. The van der Waals surface area contributed by atoms with Crippen molar-refractivity contribution in [3.63, 3.8) is 0 Å². The molecule has 0 aromatic heterocycles. The van der Waals surface area contributed by atoms with E-state index in [9.17, 15) is 9.59 Å². The highest BCUT2D eigenvalue weighted by Gasteiger charge is 2.22. The summed E-state index contributed by atoms with van der Waals surface area (Å²) in [6.45, 7) is 8.12. The number of hydrogen-bond donors (Lipinski definition) is 3. The van der Waals surface area contributed by atoms with E-state index < -0.39 is 0 Å². The number of piperidine rings is 1. The van der Waals surface area contributed by atoms with Gasteiger partial charge in [-0.15, -0.1) is 12.4 Å². The van der Waals surface area contributed by atoms with Crippen molar-refractivity contribution < 1.29 is 9.59 Å². The fourth-order valence-electron chi connectivity index (χ4n) is 3.13. The lowest BCUT2D eigenvalue weighted by atomic mass is 9.84. The Kier molecular flexibility index (Phi) is 8.93. The van der Waals surface area contributed by atoms with Crippen LogP contribution < -0.4 is 16.0 Å². The first-order valence-corrected chi connectivity index (χ1v) is 8.87. The summed E-state index contributed by atoms with van der Waals surface area (Å²) in [5.41, 5.74) is 1.34. The summed E-state index contributed by atoms with van der Waals surface area (Å²) >= 11 is 0. The SMILES string of the molecule is CC(C)NC(=O)c1ccc(NC(=O)CC(C)C2CCNCC2)cc1.Cl. The maximum Gasteiger partial charge on any atom is 0.251 e. The number of amides is 2. The number of halogens is 1. The van der Waals surface area contributed by atoms with Crippen LogP contribution in [0.2, 0.25) is 0 Å². The number of carbonyl (C=O) groups excluding carboxylic acids is 2. The largest absolute Gasteiger partial charge is 0.350 e. The molecule has 1 saturated heterocycles. The van der Waals surface area contributed by atoms with Gasteiger partial charge < -0.3 is 16.0 Å². The number of benzene rings is 1. The van der Waals surface area contributed by atoms with Crippen LogP contribution >= 0.6 is 12.4 Å². The van der Waals surface area contributed by atoms with Crippen molar-refractivity contribution in [1.29, 1.82) is 0 Å². The Morgan fingerprint density at radius 1 is 1.12 bits per heavy atom. The predicted molar refractivity (Wildman–Crippen MR) is 104 cm³/mol. The molecular weight excluding hydrogens is 338 g/mol. The van der Waals surface area contributed by atoms with Crippen LogP contribution in [-0.2, 0) is 4.79 Å². The van der Waals surface area contributed by atoms with Crippen LogP contribution in [0.4, 0.5) is 5.69 Å². The molecule has 0 spiro atoms. The standard InChI is InChI=1S/C19H29N3O2.ClH/c1-13(2)21-19(24)16-4-6-17(7-5-16)22-18(23)12-14(3)15-8-10-20-11-9-15;/h4-7,13-15,20H,8-12H2,1-3H3,(H,21,24)(H,22,23);1H. The Morgan fingerprint density at radius 2 is 1.72 bits per heavy atom. The molecule has 1 heterocycles. The van der Waals surface area contributed by atoms with Crippen molar-refractivity contribution in [2.24, 2.45) is 11.8 Å². The molecule has 0 saturated carbocycles. The average Bonchev–Trinajstić information content (AvgIpc) is 2.55. The lowest BCUT2D eigenvalue weighted by Gasteiger charge is -2.27. The van der Waals surface area contributed by atoms with Crippen molar-refractivity contribution in [3.05, 3.63) is 29.8 Å². The first-order chi connectivity index (χ1) is 11.5. The molecule has 1 fully saturated rings. The summed E-state index contributed by atoms with van der Waals surface area (Å²) in [4.78, 5) is 24.1. The van der Waals surface area contributed by atoms with Crippen molar-refractivity contribution in [1.82, 2.24) is 10.6 Å². The summed E-state index contributed by atoms with van der Waals surface area (Å²) in [6.07, 6.45) is 2.84. The Balaban J connectivity index is 0.00000312. The van der Waals surface area contributed by atoms with Gasteiger partial charge in [-0.2, -0.15) is 0 Å². The van der Waals surface area contributed by atoms with Gasteiger partial charge in [-0.1, -0.05) is 6.92 Å². The van der Waals surface area contributed by atoms with E-state index in [1.807, 2.05) is 13.8 Å². The van der Waals surface area contributed by atoms with Crippen LogP contribution in [0.1, 0.15) is 50.4 Å². The molecule has 0 aliphatic carbocycles. The fourth-order valence-corrected chi connectivity index (χ4v) is 3.13. The second kappa shape index (κ2) is 10.4. The van der Waals surface area contributed by atoms with Gasteiger partial charge in [0.15, 0.2) is 0 Å². The molecule has 25 heavy (non-hydrogen) atoms. The van der Waals surface area contributed by atoms with Gasteiger partial charge in [-0.3, -0.25) is 9.59 Å². The summed E-state index contributed by atoms with van der Waals surface area (Å²) in [7, 11) is 0. The predicted octanol–water partition coefficient (Wildman–Crippen LogP) is 3.21. The summed E-state index contributed by atoms with van der Waals surface area (Å²) in [5.74, 6) is 0.963. The maximum atomic E-state index is 12.2. The second-order valence-electron chi connectivity index (χ2n) is 7.02. The molecule has 0 bridgehead atoms. The van der Waals surface area contributed by atoms with Gasteiger partial charge in [0.2, 0.25) is 5.91 Å². The van der Waals surface area contributed by atoms with Crippen LogP contribution in [0.5, 0.6) is 0 Å². The van der Waals surface area contributed by atoms with Gasteiger partial charge in [-0.25, -0.2) is 0 Å². The van der Waals surface area contributed by atoms with Gasteiger partial charge in [-0.05, 0) is 75.9 Å². The van der Waals surface area contributed by atoms with Crippen LogP contribution in [0.25, 0.3) is 0 Å². The fraction of sp³-hybridized carbons (Fsp3) is 0.579. The molecule has 3 N–H and O–H groups in total. The van der Waals surface area contributed by atoms with Gasteiger partial charge in [0.25, 0.3) is 5.91 Å². The molecule has 6 heteroatoms. The van der Waals surface area contributed by atoms with Gasteiger partial charge in [0, 0.05) is 23.7 Å². The topological polar surface area (TPSA) is 70.2 Å². The zero-order valence-corrected chi connectivity index (χ0v) is 16.1. The molecule has 2 amide bonds. The quantitative estimate of drug-likeness (QED) is 0.723. The number of anilines is 1. The minimum absolute atomic E-state index is 0. The van der Waals surface area contributed by atoms with Crippen molar-refractivity contribution in [2.75, 3.05) is 18.4 Å². The normalized spacial score (nSPS) is 16.0. The molecule has 140 valence electrons. The van der Waals surface area contributed by atoms with Crippen molar-refractivity contribution in [3.8, 4) is 0 Å². The smallest absolute Gasteiger partial charge is 0.251 e. The Morgan fingerprint density at radius 3 is 2.28 bits per heavy atom. The zero-order valence-electron chi connectivity index (χ0n) is 15.3. The molecule has 1 unspecified atom stereocenters. The average molecular weight is 368 g/mol. The molecule has 2 rings (SSSR count). The third-order valence-electron chi connectivity index (χ3n) is 4.55. The Labute approximate surface area is 156 Å². The second-order valence-corrected chi connectivity index (χ2v) is 7.02. The molecule has 1 aliphatic rings. The zero-order chi connectivity index (χ0) is 17.5.